The lowest BCUT2D eigenvalue weighted by atomic mass is 10.1. The van der Waals surface area contributed by atoms with Crippen molar-refractivity contribution in [2.24, 2.45) is 0 Å². The average Bonchev–Trinajstić information content (AvgIpc) is 2.60. The Bertz CT molecular complexity index is 1010. The summed E-state index contributed by atoms with van der Waals surface area (Å²) in [6, 6.07) is 0. The molecule has 0 N–H and O–H groups in total. The highest BCUT2D eigenvalue weighted by atomic mass is 13.9. The van der Waals surface area contributed by atoms with Crippen LogP contribution in [0.4, 0.5) is 0 Å². The first-order valence-corrected chi connectivity index (χ1v) is 7.51. The van der Waals surface area contributed by atoms with Crippen molar-refractivity contribution in [3.05, 3.63) is 104 Å². The van der Waals surface area contributed by atoms with Crippen molar-refractivity contribution in [3.63, 3.8) is 0 Å². The fourth-order valence-corrected chi connectivity index (χ4v) is 1.25. The molecule has 0 nitrogen and oxygen atoms in total. The summed E-state index contributed by atoms with van der Waals surface area (Å²) in [6.07, 6.45) is 7.95. The summed E-state index contributed by atoms with van der Waals surface area (Å²) < 4.78 is 0. The average molecular weight is 304 g/mol. The lowest BCUT2D eigenvalue weighted by Crippen LogP contribution is -1.72. The molecule has 0 spiro atoms. The molecule has 0 atom stereocenters. The molecular formula is C24H16. The second-order valence-electron chi connectivity index (χ2n) is 4.12. The van der Waals surface area contributed by atoms with Crippen LogP contribution in [0.3, 0.4) is 0 Å². The molecular weight excluding hydrogens is 288 g/mol. The molecule has 0 saturated carbocycles. The Morgan fingerprint density at radius 1 is 0.583 bits per heavy atom. The molecule has 0 radical (unpaired) electrons. The number of hydrogen-bond donors (Lipinski definition) is 0. The van der Waals surface area contributed by atoms with Gasteiger partial charge < -0.3 is 0 Å². The molecule has 0 aromatic carbocycles. The zero-order valence-corrected chi connectivity index (χ0v) is 13.8. The van der Waals surface area contributed by atoms with Crippen LogP contribution in [0.1, 0.15) is 39.0 Å². The highest BCUT2D eigenvalue weighted by Crippen LogP contribution is 2.01. The fraction of sp³-hybridized carbons (Fsp3) is 0.250. The van der Waals surface area contributed by atoms with Crippen molar-refractivity contribution in [2.45, 2.75) is 39.0 Å². The smallest absolute Gasteiger partial charge is 0.0000000000000163 e. The molecule has 24 heavy (non-hydrogen) atoms. The van der Waals surface area contributed by atoms with E-state index in [4.69, 9.17) is 0 Å². The first-order valence-electron chi connectivity index (χ1n) is 7.51. The zero-order chi connectivity index (χ0) is 17.6. The normalized spacial score (nSPS) is 5.71. The van der Waals surface area contributed by atoms with Crippen molar-refractivity contribution in [1.82, 2.24) is 0 Å². The zero-order valence-electron chi connectivity index (χ0n) is 13.8. The van der Waals surface area contributed by atoms with Gasteiger partial charge in [0.25, 0.3) is 0 Å². The third-order valence-electron chi connectivity index (χ3n) is 2.28. The van der Waals surface area contributed by atoms with E-state index in [2.05, 4.69) is 105 Å². The van der Waals surface area contributed by atoms with E-state index in [0.717, 1.165) is 6.42 Å². The summed E-state index contributed by atoms with van der Waals surface area (Å²) in [5.74, 6) is 0. The van der Waals surface area contributed by atoms with Gasteiger partial charge >= 0.3 is 0 Å². The minimum absolute atomic E-state index is 1.02. The van der Waals surface area contributed by atoms with E-state index in [-0.39, 0.29) is 0 Å². The quantitative estimate of drug-likeness (QED) is 0.456. The van der Waals surface area contributed by atoms with Gasteiger partial charge in [0, 0.05) is 0 Å². The van der Waals surface area contributed by atoms with Gasteiger partial charge in [0.1, 0.15) is 0 Å². The summed E-state index contributed by atoms with van der Waals surface area (Å²) in [5.41, 5.74) is 41.0. The molecule has 0 saturated heterocycles. The van der Waals surface area contributed by atoms with Crippen molar-refractivity contribution >= 4 is 0 Å². The van der Waals surface area contributed by atoms with Crippen LogP contribution in [0.5, 0.6) is 0 Å². The maximum absolute atomic E-state index is 3.32. The van der Waals surface area contributed by atoms with Gasteiger partial charge in [0.2, 0.25) is 0 Å². The van der Waals surface area contributed by atoms with Crippen molar-refractivity contribution in [2.75, 3.05) is 0 Å². The highest BCUT2D eigenvalue weighted by molar-refractivity contribution is 4.93. The topological polar surface area (TPSA) is 0 Å². The van der Waals surface area contributed by atoms with Crippen molar-refractivity contribution in [1.29, 1.82) is 0 Å². The van der Waals surface area contributed by atoms with Crippen LogP contribution in [0.2, 0.25) is 0 Å². The molecule has 0 unspecified atom stereocenters. The van der Waals surface area contributed by atoms with Gasteiger partial charge in [-0.3, -0.25) is 0 Å². The molecule has 0 bridgehead atoms. The Hall–Kier alpha value is -3.78. The van der Waals surface area contributed by atoms with E-state index in [1.54, 1.807) is 0 Å². The molecule has 0 aliphatic carbocycles. The number of rotatable bonds is 5. The highest BCUT2D eigenvalue weighted by Gasteiger charge is 1.82. The molecule has 0 rings (SSSR count). The van der Waals surface area contributed by atoms with Gasteiger partial charge in [-0.2, -0.15) is 0 Å². The first-order chi connectivity index (χ1) is 11.9. The number of hydrogen-bond acceptors (Lipinski definition) is 0. The predicted molar refractivity (Wildman–Crippen MR) is 95.2 cm³/mol. The maximum Gasteiger partial charge on any atom is -0.0000000000000163 e. The fourth-order valence-electron chi connectivity index (χ4n) is 1.25. The van der Waals surface area contributed by atoms with Gasteiger partial charge in [0.15, 0.2) is 0 Å². The standard InChI is InChI=1S/C24H16/c1-3-5-7-9-11-13-15-17-19-21-23-24-22-20-18-16-14-12-10-8-6-4-2/h14H,1,4,6,8,10,12H2,2H3. The summed E-state index contributed by atoms with van der Waals surface area (Å²) >= 11 is 0. The van der Waals surface area contributed by atoms with Crippen LogP contribution in [-0.2, 0) is 0 Å². The minimum atomic E-state index is 1.02. The molecule has 0 aliphatic heterocycles. The van der Waals surface area contributed by atoms with Gasteiger partial charge in [-0.1, -0.05) is 37.6 Å². The summed E-state index contributed by atoms with van der Waals surface area (Å²) in [7, 11) is 0. The Labute approximate surface area is 143 Å². The third-order valence-corrected chi connectivity index (χ3v) is 2.28. The second kappa shape index (κ2) is 19.2. The molecule has 0 fully saturated rings. The van der Waals surface area contributed by atoms with E-state index in [1.165, 1.54) is 25.7 Å². The monoisotopic (exact) mass is 304 g/mol. The van der Waals surface area contributed by atoms with Gasteiger partial charge in [-0.25, -0.2) is 0 Å². The molecule has 0 aromatic rings. The summed E-state index contributed by atoms with van der Waals surface area (Å²) in [6.45, 7) is 5.51. The van der Waals surface area contributed by atoms with E-state index < -0.39 is 0 Å². The molecule has 0 heteroatoms. The lowest BCUT2D eigenvalue weighted by Gasteiger charge is -1.91. The maximum atomic E-state index is 3.32. The molecule has 0 aromatic heterocycles. The van der Waals surface area contributed by atoms with Gasteiger partial charge in [0.05, 0.1) is 0 Å². The molecule has 112 valence electrons. The Kier molecular flexibility index (Phi) is 16.2. The Morgan fingerprint density at radius 2 is 1.04 bits per heavy atom. The number of unbranched alkanes of at least 4 members (excludes halogenated alkanes) is 4. The van der Waals surface area contributed by atoms with Gasteiger partial charge in [-0.05, 0) is 106 Å². The largest absolute Gasteiger partial charge is 0.0687 e. The van der Waals surface area contributed by atoms with Crippen LogP contribution in [0.15, 0.2) is 104 Å². The Balaban J connectivity index is 5.08. The molecule has 0 heterocycles. The van der Waals surface area contributed by atoms with E-state index in [9.17, 15) is 0 Å². The molecule has 0 amide bonds. The molecule has 0 aliphatic rings. The summed E-state index contributed by atoms with van der Waals surface area (Å²) in [4.78, 5) is 0. The van der Waals surface area contributed by atoms with Crippen molar-refractivity contribution in [3.8, 4) is 0 Å². The predicted octanol–water partition coefficient (Wildman–Crippen LogP) is 5.62. The third kappa shape index (κ3) is 18.2. The summed E-state index contributed by atoms with van der Waals surface area (Å²) in [5, 5.41) is 0. The van der Waals surface area contributed by atoms with E-state index in [0.29, 0.717) is 0 Å². The van der Waals surface area contributed by atoms with E-state index in [1.807, 2.05) is 6.08 Å². The SMILES string of the molecule is C=C=C=C=C=C=C=C=C=C=C=C=C=C=C=C=C=CCCCCCC. The minimum Gasteiger partial charge on any atom is -0.0687 e. The van der Waals surface area contributed by atoms with Crippen LogP contribution < -0.4 is 0 Å². The Morgan fingerprint density at radius 3 is 1.50 bits per heavy atom. The lowest BCUT2D eigenvalue weighted by molar-refractivity contribution is 0.675. The number of allylic oxidation sites excluding steroid dienone is 1. The second-order valence-corrected chi connectivity index (χ2v) is 4.12. The van der Waals surface area contributed by atoms with Crippen molar-refractivity contribution < 1.29 is 0 Å². The van der Waals surface area contributed by atoms with E-state index >= 15 is 0 Å². The van der Waals surface area contributed by atoms with Crippen LogP contribution in [-0.4, -0.2) is 0 Å². The van der Waals surface area contributed by atoms with Crippen LogP contribution in [0, 0.1) is 0 Å². The van der Waals surface area contributed by atoms with Crippen LogP contribution >= 0.6 is 0 Å². The van der Waals surface area contributed by atoms with Crippen LogP contribution in [0.25, 0.3) is 0 Å². The first kappa shape index (κ1) is 20.2. The van der Waals surface area contributed by atoms with Gasteiger partial charge in [-0.15, -0.1) is 0 Å².